The Morgan fingerprint density at radius 2 is 2.33 bits per heavy atom. The first kappa shape index (κ1) is 13.1. The lowest BCUT2D eigenvalue weighted by Gasteiger charge is -2.14. The summed E-state index contributed by atoms with van der Waals surface area (Å²) < 4.78 is 4.84. The number of rotatable bonds is 2. The Hall–Kier alpha value is -1.33. The molecule has 0 saturated carbocycles. The van der Waals surface area contributed by atoms with Crippen LogP contribution in [-0.2, 0) is 9.53 Å². The molecule has 1 aromatic carbocycles. The second-order valence-corrected chi connectivity index (χ2v) is 4.91. The van der Waals surface area contributed by atoms with E-state index in [2.05, 4.69) is 10.6 Å². The molecular weight excluding hydrogens is 272 g/mol. The highest BCUT2D eigenvalue weighted by Gasteiger charge is 2.26. The van der Waals surface area contributed by atoms with Gasteiger partial charge >= 0.3 is 5.97 Å². The summed E-state index contributed by atoms with van der Waals surface area (Å²) in [5.41, 5.74) is 1.79. The molecule has 0 amide bonds. The van der Waals surface area contributed by atoms with E-state index >= 15 is 0 Å². The lowest BCUT2D eigenvalue weighted by Crippen LogP contribution is -2.40. The molecule has 1 aromatic rings. The highest BCUT2D eigenvalue weighted by molar-refractivity contribution is 7.80. The molecule has 4 nitrogen and oxygen atoms in total. The smallest absolute Gasteiger partial charge is 0.328 e. The van der Waals surface area contributed by atoms with Crippen molar-refractivity contribution in [3.63, 3.8) is 0 Å². The van der Waals surface area contributed by atoms with E-state index in [0.717, 1.165) is 5.56 Å². The number of hydrogen-bond acceptors (Lipinski definition) is 3. The van der Waals surface area contributed by atoms with Crippen LogP contribution < -0.4 is 10.6 Å². The first-order valence-electron chi connectivity index (χ1n) is 5.56. The minimum absolute atomic E-state index is 0.269. The van der Waals surface area contributed by atoms with Gasteiger partial charge in [-0.25, -0.2) is 4.79 Å². The van der Waals surface area contributed by atoms with Gasteiger partial charge in [0.2, 0.25) is 0 Å². The van der Waals surface area contributed by atoms with Crippen LogP contribution in [-0.4, -0.2) is 23.7 Å². The van der Waals surface area contributed by atoms with Crippen molar-refractivity contribution < 1.29 is 9.53 Å². The van der Waals surface area contributed by atoms with Crippen LogP contribution in [0.3, 0.4) is 0 Å². The molecular formula is C12H13ClN2O2S. The zero-order valence-electron chi connectivity index (χ0n) is 9.83. The number of halogens is 1. The third-order valence-electron chi connectivity index (χ3n) is 2.61. The molecule has 0 bridgehead atoms. The molecule has 1 atom stereocenters. The minimum atomic E-state index is -0.366. The third-order valence-corrected chi connectivity index (χ3v) is 3.15. The number of thiocarbonyl (C=S) groups is 1. The molecule has 18 heavy (non-hydrogen) atoms. The number of anilines is 1. The summed E-state index contributed by atoms with van der Waals surface area (Å²) in [6, 6.07) is 5.25. The van der Waals surface area contributed by atoms with Crippen molar-refractivity contribution in [2.24, 2.45) is 0 Å². The summed E-state index contributed by atoms with van der Waals surface area (Å²) in [6.07, 6.45) is 0.627. The SMILES string of the molecule is Cc1ccc(NC(=S)NC2CCOC2=O)c(Cl)c1. The van der Waals surface area contributed by atoms with E-state index in [1.165, 1.54) is 0 Å². The summed E-state index contributed by atoms with van der Waals surface area (Å²) >= 11 is 11.2. The number of benzene rings is 1. The Balaban J connectivity index is 1.96. The Labute approximate surface area is 116 Å². The fraction of sp³-hybridized carbons (Fsp3) is 0.333. The number of carbonyl (C=O) groups excluding carboxylic acids is 1. The van der Waals surface area contributed by atoms with Gasteiger partial charge in [0.1, 0.15) is 6.04 Å². The molecule has 0 radical (unpaired) electrons. The van der Waals surface area contributed by atoms with E-state index in [-0.39, 0.29) is 12.0 Å². The fourth-order valence-electron chi connectivity index (χ4n) is 1.67. The van der Waals surface area contributed by atoms with Crippen LogP contribution in [0.1, 0.15) is 12.0 Å². The van der Waals surface area contributed by atoms with Gasteiger partial charge in [0.25, 0.3) is 0 Å². The minimum Gasteiger partial charge on any atom is -0.464 e. The quantitative estimate of drug-likeness (QED) is 0.644. The lowest BCUT2D eigenvalue weighted by atomic mass is 10.2. The number of hydrogen-bond donors (Lipinski definition) is 2. The Morgan fingerprint density at radius 3 is 2.94 bits per heavy atom. The number of carbonyl (C=O) groups is 1. The number of nitrogens with one attached hydrogen (secondary N) is 2. The van der Waals surface area contributed by atoms with Gasteiger partial charge in [-0.2, -0.15) is 0 Å². The third kappa shape index (κ3) is 3.11. The highest BCUT2D eigenvalue weighted by Crippen LogP contribution is 2.22. The van der Waals surface area contributed by atoms with Gasteiger partial charge in [0.05, 0.1) is 17.3 Å². The first-order chi connectivity index (χ1) is 8.56. The maximum absolute atomic E-state index is 11.3. The molecule has 0 spiro atoms. The van der Waals surface area contributed by atoms with Gasteiger partial charge in [-0.15, -0.1) is 0 Å². The Kier molecular flexibility index (Phi) is 4.04. The first-order valence-corrected chi connectivity index (χ1v) is 6.35. The van der Waals surface area contributed by atoms with Crippen molar-refractivity contribution in [1.29, 1.82) is 0 Å². The molecule has 1 fully saturated rings. The fourth-order valence-corrected chi connectivity index (χ4v) is 2.20. The zero-order chi connectivity index (χ0) is 13.1. The van der Waals surface area contributed by atoms with E-state index < -0.39 is 0 Å². The van der Waals surface area contributed by atoms with Crippen LogP contribution in [0.5, 0.6) is 0 Å². The second-order valence-electron chi connectivity index (χ2n) is 4.09. The normalized spacial score (nSPS) is 18.3. The molecule has 1 aliphatic rings. The average Bonchev–Trinajstić information content (AvgIpc) is 2.69. The van der Waals surface area contributed by atoms with Gasteiger partial charge in [0, 0.05) is 6.42 Å². The molecule has 2 N–H and O–H groups in total. The number of ether oxygens (including phenoxy) is 1. The topological polar surface area (TPSA) is 50.4 Å². The maximum Gasteiger partial charge on any atom is 0.328 e. The molecule has 1 aliphatic heterocycles. The van der Waals surface area contributed by atoms with Gasteiger partial charge in [-0.3, -0.25) is 0 Å². The van der Waals surface area contributed by atoms with Crippen molar-refractivity contribution in [2.45, 2.75) is 19.4 Å². The van der Waals surface area contributed by atoms with Gasteiger partial charge in [-0.1, -0.05) is 17.7 Å². The largest absolute Gasteiger partial charge is 0.464 e. The maximum atomic E-state index is 11.3. The molecule has 96 valence electrons. The molecule has 2 rings (SSSR count). The van der Waals surface area contributed by atoms with E-state index in [9.17, 15) is 4.79 Å². The second kappa shape index (κ2) is 5.54. The van der Waals surface area contributed by atoms with Crippen molar-refractivity contribution >= 4 is 40.6 Å². The van der Waals surface area contributed by atoms with Crippen LogP contribution in [0.25, 0.3) is 0 Å². The average molecular weight is 285 g/mol. The standard InChI is InChI=1S/C12H13ClN2O2S/c1-7-2-3-9(8(13)6-7)14-12(18)15-10-4-5-17-11(10)16/h2-3,6,10H,4-5H2,1H3,(H2,14,15,18). The molecule has 1 heterocycles. The summed E-state index contributed by atoms with van der Waals surface area (Å²) in [5, 5.41) is 6.83. The summed E-state index contributed by atoms with van der Waals surface area (Å²) in [7, 11) is 0. The summed E-state index contributed by atoms with van der Waals surface area (Å²) in [6.45, 7) is 2.39. The summed E-state index contributed by atoms with van der Waals surface area (Å²) in [5.74, 6) is -0.269. The lowest BCUT2D eigenvalue weighted by molar-refractivity contribution is -0.139. The van der Waals surface area contributed by atoms with Crippen LogP contribution in [0.15, 0.2) is 18.2 Å². The van der Waals surface area contributed by atoms with Gasteiger partial charge in [0.15, 0.2) is 5.11 Å². The van der Waals surface area contributed by atoms with E-state index in [0.29, 0.717) is 28.9 Å². The van der Waals surface area contributed by atoms with Gasteiger partial charge in [-0.05, 0) is 36.8 Å². The van der Waals surface area contributed by atoms with Crippen molar-refractivity contribution in [3.05, 3.63) is 28.8 Å². The number of aryl methyl sites for hydroxylation is 1. The van der Waals surface area contributed by atoms with Crippen LogP contribution in [0.2, 0.25) is 5.02 Å². The van der Waals surface area contributed by atoms with E-state index in [1.54, 1.807) is 0 Å². The highest BCUT2D eigenvalue weighted by atomic mass is 35.5. The van der Waals surface area contributed by atoms with Crippen molar-refractivity contribution in [2.75, 3.05) is 11.9 Å². The number of esters is 1. The summed E-state index contributed by atoms with van der Waals surface area (Å²) in [4.78, 5) is 11.3. The predicted octanol–water partition coefficient (Wildman–Crippen LogP) is 2.25. The van der Waals surface area contributed by atoms with Crippen LogP contribution in [0, 0.1) is 6.92 Å². The molecule has 1 saturated heterocycles. The van der Waals surface area contributed by atoms with Crippen molar-refractivity contribution in [3.8, 4) is 0 Å². The Bertz CT molecular complexity index is 493. The van der Waals surface area contributed by atoms with E-state index in [4.69, 9.17) is 28.6 Å². The predicted molar refractivity (Wildman–Crippen MR) is 74.9 cm³/mol. The Morgan fingerprint density at radius 1 is 1.56 bits per heavy atom. The molecule has 0 aliphatic carbocycles. The van der Waals surface area contributed by atoms with Crippen LogP contribution >= 0.6 is 23.8 Å². The molecule has 6 heteroatoms. The molecule has 1 unspecified atom stereocenters. The van der Waals surface area contributed by atoms with Gasteiger partial charge < -0.3 is 15.4 Å². The van der Waals surface area contributed by atoms with Crippen LogP contribution in [0.4, 0.5) is 5.69 Å². The zero-order valence-corrected chi connectivity index (χ0v) is 11.4. The molecule has 0 aromatic heterocycles. The monoisotopic (exact) mass is 284 g/mol. The van der Waals surface area contributed by atoms with E-state index in [1.807, 2.05) is 25.1 Å². The number of cyclic esters (lactones) is 1. The van der Waals surface area contributed by atoms with Crippen molar-refractivity contribution in [1.82, 2.24) is 5.32 Å².